The molecular formula is C12H15F3O3. The van der Waals surface area contributed by atoms with E-state index < -0.39 is 19.2 Å². The average molecular weight is 264 g/mol. The van der Waals surface area contributed by atoms with Crippen molar-refractivity contribution in [2.24, 2.45) is 0 Å². The van der Waals surface area contributed by atoms with Crippen LogP contribution in [0.5, 0.6) is 11.5 Å². The van der Waals surface area contributed by atoms with Crippen molar-refractivity contribution in [2.75, 3.05) is 13.2 Å². The molecule has 1 rings (SSSR count). The van der Waals surface area contributed by atoms with E-state index in [1.165, 1.54) is 0 Å². The maximum absolute atomic E-state index is 12.0. The van der Waals surface area contributed by atoms with E-state index in [1.54, 1.807) is 25.1 Å². The topological polar surface area (TPSA) is 38.7 Å². The zero-order valence-corrected chi connectivity index (χ0v) is 9.96. The molecule has 0 aliphatic carbocycles. The first kappa shape index (κ1) is 14.6. The molecule has 102 valence electrons. The van der Waals surface area contributed by atoms with Crippen molar-refractivity contribution in [1.82, 2.24) is 0 Å². The van der Waals surface area contributed by atoms with Crippen molar-refractivity contribution in [3.05, 3.63) is 23.8 Å². The lowest BCUT2D eigenvalue weighted by molar-refractivity contribution is -0.139. The van der Waals surface area contributed by atoms with Gasteiger partial charge in [0, 0.05) is 5.56 Å². The molecule has 0 bridgehead atoms. The fourth-order valence-corrected chi connectivity index (χ4v) is 1.39. The first-order valence-corrected chi connectivity index (χ1v) is 5.53. The van der Waals surface area contributed by atoms with Gasteiger partial charge in [-0.25, -0.2) is 0 Å². The highest BCUT2D eigenvalue weighted by atomic mass is 19.4. The predicted octanol–water partition coefficient (Wildman–Crippen LogP) is 2.91. The van der Waals surface area contributed by atoms with E-state index in [-0.39, 0.29) is 12.4 Å². The molecule has 0 heterocycles. The summed E-state index contributed by atoms with van der Waals surface area (Å²) >= 11 is 0. The van der Waals surface area contributed by atoms with Gasteiger partial charge in [-0.05, 0) is 13.0 Å². The molecule has 0 atom stereocenters. The van der Waals surface area contributed by atoms with Crippen LogP contribution >= 0.6 is 0 Å². The van der Waals surface area contributed by atoms with Gasteiger partial charge in [0.2, 0.25) is 0 Å². The van der Waals surface area contributed by atoms with Crippen molar-refractivity contribution in [2.45, 2.75) is 26.1 Å². The van der Waals surface area contributed by atoms with Gasteiger partial charge in [0.1, 0.15) is 0 Å². The zero-order valence-electron chi connectivity index (χ0n) is 9.96. The fourth-order valence-electron chi connectivity index (χ4n) is 1.39. The summed E-state index contributed by atoms with van der Waals surface area (Å²) in [5.41, 5.74) is 0.406. The van der Waals surface area contributed by atoms with E-state index in [2.05, 4.69) is 0 Å². The first-order valence-electron chi connectivity index (χ1n) is 5.53. The van der Waals surface area contributed by atoms with Gasteiger partial charge in [-0.1, -0.05) is 12.1 Å². The van der Waals surface area contributed by atoms with Crippen molar-refractivity contribution < 1.29 is 27.8 Å². The quantitative estimate of drug-likeness (QED) is 0.858. The summed E-state index contributed by atoms with van der Waals surface area (Å²) in [5.74, 6) is 0.511. The fraction of sp³-hybridized carbons (Fsp3) is 0.500. The third-order valence-corrected chi connectivity index (χ3v) is 2.16. The summed E-state index contributed by atoms with van der Waals surface area (Å²) in [6.07, 6.45) is -5.31. The van der Waals surface area contributed by atoms with Crippen LogP contribution in [0.2, 0.25) is 0 Å². The first-order chi connectivity index (χ1) is 8.48. The van der Waals surface area contributed by atoms with Gasteiger partial charge in [-0.3, -0.25) is 0 Å². The normalized spacial score (nSPS) is 11.4. The minimum absolute atomic E-state index is 0.172. The molecule has 0 saturated carbocycles. The molecule has 6 heteroatoms. The second-order valence-corrected chi connectivity index (χ2v) is 3.55. The summed E-state index contributed by atoms with van der Waals surface area (Å²) in [4.78, 5) is 0. The Morgan fingerprint density at radius 1 is 1.22 bits per heavy atom. The molecule has 0 fully saturated rings. The smallest absolute Gasteiger partial charge is 0.392 e. The van der Waals surface area contributed by atoms with Crippen LogP contribution in [0.4, 0.5) is 13.2 Å². The van der Waals surface area contributed by atoms with E-state index in [4.69, 9.17) is 14.6 Å². The molecule has 0 radical (unpaired) electrons. The van der Waals surface area contributed by atoms with Crippen LogP contribution < -0.4 is 9.47 Å². The second-order valence-electron chi connectivity index (χ2n) is 3.55. The summed E-state index contributed by atoms with van der Waals surface area (Å²) in [6.45, 7) is 1.30. The molecule has 0 amide bonds. The van der Waals surface area contributed by atoms with Crippen molar-refractivity contribution >= 4 is 0 Å². The Bertz CT molecular complexity index is 377. The van der Waals surface area contributed by atoms with Gasteiger partial charge in [0.15, 0.2) is 11.5 Å². The number of aliphatic hydroxyl groups excluding tert-OH is 1. The van der Waals surface area contributed by atoms with E-state index in [0.717, 1.165) is 0 Å². The van der Waals surface area contributed by atoms with Gasteiger partial charge in [0.05, 0.1) is 26.2 Å². The van der Waals surface area contributed by atoms with Crippen LogP contribution in [-0.2, 0) is 6.61 Å². The SMILES string of the molecule is CCOc1cccc(CO)c1OCCC(F)(F)F. The van der Waals surface area contributed by atoms with Crippen molar-refractivity contribution in [3.63, 3.8) is 0 Å². The monoisotopic (exact) mass is 264 g/mol. The maximum atomic E-state index is 12.0. The van der Waals surface area contributed by atoms with Crippen molar-refractivity contribution in [1.29, 1.82) is 0 Å². The van der Waals surface area contributed by atoms with E-state index in [9.17, 15) is 13.2 Å². The lowest BCUT2D eigenvalue weighted by Crippen LogP contribution is -2.14. The van der Waals surface area contributed by atoms with Crippen molar-refractivity contribution in [3.8, 4) is 11.5 Å². The number of benzene rings is 1. The number of hydrogen-bond donors (Lipinski definition) is 1. The minimum atomic E-state index is -4.26. The van der Waals surface area contributed by atoms with Gasteiger partial charge in [-0.2, -0.15) is 13.2 Å². The lowest BCUT2D eigenvalue weighted by atomic mass is 10.2. The minimum Gasteiger partial charge on any atom is -0.490 e. The van der Waals surface area contributed by atoms with Crippen LogP contribution in [0.15, 0.2) is 18.2 Å². The largest absolute Gasteiger partial charge is 0.490 e. The van der Waals surface area contributed by atoms with E-state index >= 15 is 0 Å². The van der Waals surface area contributed by atoms with Crippen LogP contribution in [0.25, 0.3) is 0 Å². The van der Waals surface area contributed by atoms with Gasteiger partial charge < -0.3 is 14.6 Å². The Hall–Kier alpha value is -1.43. The standard InChI is InChI=1S/C12H15F3O3/c1-2-17-10-5-3-4-9(8-16)11(10)18-7-6-12(13,14)15/h3-5,16H,2,6-8H2,1H3. The highest BCUT2D eigenvalue weighted by molar-refractivity contribution is 5.46. The number of alkyl halides is 3. The number of aliphatic hydroxyl groups is 1. The molecule has 0 saturated heterocycles. The molecule has 0 unspecified atom stereocenters. The summed E-state index contributed by atoms with van der Waals surface area (Å²) in [6, 6.07) is 4.81. The number of rotatable bonds is 6. The van der Waals surface area contributed by atoms with Gasteiger partial charge in [-0.15, -0.1) is 0 Å². The van der Waals surface area contributed by atoms with Gasteiger partial charge in [0.25, 0.3) is 0 Å². The lowest BCUT2D eigenvalue weighted by Gasteiger charge is -2.15. The third-order valence-electron chi connectivity index (χ3n) is 2.16. The van der Waals surface area contributed by atoms with Crippen LogP contribution in [0, 0.1) is 0 Å². The highest BCUT2D eigenvalue weighted by Gasteiger charge is 2.27. The summed E-state index contributed by atoms with van der Waals surface area (Å²) < 4.78 is 46.4. The average Bonchev–Trinajstić information content (AvgIpc) is 2.29. The molecule has 3 nitrogen and oxygen atoms in total. The summed E-state index contributed by atoms with van der Waals surface area (Å²) in [7, 11) is 0. The third kappa shape index (κ3) is 4.44. The van der Waals surface area contributed by atoms with Crippen LogP contribution in [0.3, 0.4) is 0 Å². The zero-order chi connectivity index (χ0) is 13.6. The Labute approximate surface area is 103 Å². The second kappa shape index (κ2) is 6.49. The molecule has 0 aromatic heterocycles. The summed E-state index contributed by atoms with van der Waals surface area (Å²) in [5, 5.41) is 9.11. The Balaban J connectivity index is 2.77. The number of para-hydroxylation sites is 1. The molecule has 0 aliphatic heterocycles. The maximum Gasteiger partial charge on any atom is 0.392 e. The molecule has 1 N–H and O–H groups in total. The van der Waals surface area contributed by atoms with E-state index in [1.807, 2.05) is 0 Å². The molecule has 1 aromatic carbocycles. The highest BCUT2D eigenvalue weighted by Crippen LogP contribution is 2.32. The molecule has 18 heavy (non-hydrogen) atoms. The Morgan fingerprint density at radius 2 is 1.94 bits per heavy atom. The van der Waals surface area contributed by atoms with Gasteiger partial charge >= 0.3 is 6.18 Å². The number of ether oxygens (including phenoxy) is 2. The Kier molecular flexibility index (Phi) is 5.27. The van der Waals surface area contributed by atoms with Crippen LogP contribution in [0.1, 0.15) is 18.9 Å². The Morgan fingerprint density at radius 3 is 2.50 bits per heavy atom. The number of hydrogen-bond acceptors (Lipinski definition) is 3. The van der Waals surface area contributed by atoms with E-state index in [0.29, 0.717) is 17.9 Å². The molecule has 0 spiro atoms. The molecule has 1 aromatic rings. The van der Waals surface area contributed by atoms with Crippen LogP contribution in [-0.4, -0.2) is 24.5 Å². The number of halogens is 3. The molecule has 0 aliphatic rings. The predicted molar refractivity (Wildman–Crippen MR) is 59.7 cm³/mol. The molecular weight excluding hydrogens is 249 g/mol.